The molecule has 122 valence electrons. The summed E-state index contributed by atoms with van der Waals surface area (Å²) in [5, 5.41) is 12.4. The Bertz CT molecular complexity index is 923. The minimum absolute atomic E-state index is 0.330. The highest BCUT2D eigenvalue weighted by Gasteiger charge is 2.13. The maximum Gasteiger partial charge on any atom is 0.254 e. The van der Waals surface area contributed by atoms with Crippen molar-refractivity contribution < 1.29 is 18.4 Å². The minimum atomic E-state index is -0.988. The molecule has 1 aromatic heterocycles. The summed E-state index contributed by atoms with van der Waals surface area (Å²) in [5.41, 5.74) is 0.951. The lowest BCUT2D eigenvalue weighted by Gasteiger charge is -2.08. The molecule has 0 aliphatic heterocycles. The molecule has 0 fully saturated rings. The number of carbonyl (C=O) groups excluding carboxylic acids is 2. The van der Waals surface area contributed by atoms with Crippen molar-refractivity contribution in [1.29, 1.82) is 0 Å². The Labute approximate surface area is 134 Å². The largest absolute Gasteiger partial charge is 0.343 e. The van der Waals surface area contributed by atoms with Gasteiger partial charge in [0.1, 0.15) is 11.6 Å². The maximum atomic E-state index is 13.5. The Morgan fingerprint density at radius 2 is 1.96 bits per heavy atom. The lowest BCUT2D eigenvalue weighted by molar-refractivity contribution is -0.115. The predicted octanol–water partition coefficient (Wildman–Crippen LogP) is 2.21. The van der Waals surface area contributed by atoms with Crippen molar-refractivity contribution in [2.45, 2.75) is 0 Å². The number of hydrogen-bond donors (Lipinski definition) is 3. The van der Waals surface area contributed by atoms with E-state index in [0.29, 0.717) is 11.8 Å². The fraction of sp³-hybridized carbons (Fsp3) is 0.0625. The first-order valence-corrected chi connectivity index (χ1v) is 6.99. The maximum absolute atomic E-state index is 13.5. The van der Waals surface area contributed by atoms with Gasteiger partial charge in [-0.05, 0) is 30.3 Å². The van der Waals surface area contributed by atoms with E-state index >= 15 is 0 Å². The summed E-state index contributed by atoms with van der Waals surface area (Å²) in [4.78, 5) is 23.7. The predicted molar refractivity (Wildman–Crippen MR) is 83.4 cm³/mol. The van der Waals surface area contributed by atoms with Crippen LogP contribution in [0.25, 0.3) is 10.9 Å². The fourth-order valence-corrected chi connectivity index (χ4v) is 2.15. The van der Waals surface area contributed by atoms with Gasteiger partial charge in [0.15, 0.2) is 0 Å². The van der Waals surface area contributed by atoms with Gasteiger partial charge < -0.3 is 10.6 Å². The van der Waals surface area contributed by atoms with Crippen molar-refractivity contribution in [3.05, 3.63) is 59.8 Å². The zero-order valence-corrected chi connectivity index (χ0v) is 12.3. The van der Waals surface area contributed by atoms with Crippen LogP contribution >= 0.6 is 0 Å². The van der Waals surface area contributed by atoms with E-state index in [9.17, 15) is 18.4 Å². The smallest absolute Gasteiger partial charge is 0.254 e. The average molecular weight is 330 g/mol. The SMILES string of the molecule is O=C(CNC(=O)c1ccc(F)cc1F)Nc1ccc2cn[nH]c2c1. The molecule has 0 radical (unpaired) electrons. The molecule has 0 aliphatic rings. The van der Waals surface area contributed by atoms with E-state index in [2.05, 4.69) is 20.8 Å². The number of fused-ring (bicyclic) bond motifs is 1. The number of rotatable bonds is 4. The molecule has 0 atom stereocenters. The van der Waals surface area contributed by atoms with Gasteiger partial charge in [0, 0.05) is 17.1 Å². The highest BCUT2D eigenvalue weighted by molar-refractivity contribution is 6.00. The number of aromatic nitrogens is 2. The van der Waals surface area contributed by atoms with E-state index in [-0.39, 0.29) is 12.1 Å². The van der Waals surface area contributed by atoms with E-state index in [4.69, 9.17) is 0 Å². The van der Waals surface area contributed by atoms with Crippen LogP contribution in [0.4, 0.5) is 14.5 Å². The third-order valence-corrected chi connectivity index (χ3v) is 3.31. The molecule has 3 rings (SSSR count). The van der Waals surface area contributed by atoms with Gasteiger partial charge in [-0.15, -0.1) is 0 Å². The molecule has 0 saturated carbocycles. The first-order valence-electron chi connectivity index (χ1n) is 6.99. The second-order valence-corrected chi connectivity index (χ2v) is 5.03. The first kappa shape index (κ1) is 15.6. The lowest BCUT2D eigenvalue weighted by atomic mass is 10.2. The molecule has 0 aliphatic carbocycles. The molecular formula is C16H12F2N4O2. The van der Waals surface area contributed by atoms with E-state index < -0.39 is 23.4 Å². The molecule has 0 spiro atoms. The van der Waals surface area contributed by atoms with E-state index in [1.165, 1.54) is 0 Å². The van der Waals surface area contributed by atoms with Gasteiger partial charge >= 0.3 is 0 Å². The number of amides is 2. The molecule has 0 bridgehead atoms. The zero-order chi connectivity index (χ0) is 17.1. The molecule has 2 amide bonds. The number of nitrogens with zero attached hydrogens (tertiary/aromatic N) is 1. The summed E-state index contributed by atoms with van der Waals surface area (Å²) in [5.74, 6) is -3.05. The number of carbonyl (C=O) groups is 2. The summed E-state index contributed by atoms with van der Waals surface area (Å²) in [6, 6.07) is 7.76. The summed E-state index contributed by atoms with van der Waals surface area (Å²) in [6.07, 6.45) is 1.65. The quantitative estimate of drug-likeness (QED) is 0.685. The van der Waals surface area contributed by atoms with Gasteiger partial charge in [-0.3, -0.25) is 14.7 Å². The Morgan fingerprint density at radius 1 is 1.12 bits per heavy atom. The molecule has 6 nitrogen and oxygen atoms in total. The number of aromatic amines is 1. The number of nitrogens with one attached hydrogen (secondary N) is 3. The van der Waals surface area contributed by atoms with Gasteiger partial charge in [0.2, 0.25) is 5.91 Å². The van der Waals surface area contributed by atoms with Gasteiger partial charge in [-0.2, -0.15) is 5.10 Å². The number of H-pyrrole nitrogens is 1. The molecule has 0 saturated heterocycles. The number of anilines is 1. The van der Waals surface area contributed by atoms with Crippen molar-refractivity contribution in [2.75, 3.05) is 11.9 Å². The first-order chi connectivity index (χ1) is 11.5. The van der Waals surface area contributed by atoms with Crippen LogP contribution < -0.4 is 10.6 Å². The zero-order valence-electron chi connectivity index (χ0n) is 12.3. The fourth-order valence-electron chi connectivity index (χ4n) is 2.15. The van der Waals surface area contributed by atoms with Crippen LogP contribution in [0.15, 0.2) is 42.6 Å². The van der Waals surface area contributed by atoms with Gasteiger partial charge in [-0.25, -0.2) is 8.78 Å². The molecule has 8 heteroatoms. The van der Waals surface area contributed by atoms with Crippen molar-refractivity contribution in [3.8, 4) is 0 Å². The van der Waals surface area contributed by atoms with E-state index in [0.717, 1.165) is 23.0 Å². The van der Waals surface area contributed by atoms with Crippen LogP contribution in [0.3, 0.4) is 0 Å². The molecule has 2 aromatic carbocycles. The van der Waals surface area contributed by atoms with Crippen LogP contribution in [0.5, 0.6) is 0 Å². The summed E-state index contributed by atoms with van der Waals surface area (Å²) in [6.45, 7) is -0.351. The Hall–Kier alpha value is -3.29. The molecule has 3 N–H and O–H groups in total. The monoisotopic (exact) mass is 330 g/mol. The van der Waals surface area contributed by atoms with Crippen molar-refractivity contribution in [3.63, 3.8) is 0 Å². The van der Waals surface area contributed by atoms with Crippen LogP contribution in [0.1, 0.15) is 10.4 Å². The Kier molecular flexibility index (Phi) is 4.19. The lowest BCUT2D eigenvalue weighted by Crippen LogP contribution is -2.33. The topological polar surface area (TPSA) is 86.9 Å². The second-order valence-electron chi connectivity index (χ2n) is 5.03. The number of halogens is 2. The van der Waals surface area contributed by atoms with Crippen molar-refractivity contribution in [1.82, 2.24) is 15.5 Å². The van der Waals surface area contributed by atoms with Crippen LogP contribution in [0, 0.1) is 11.6 Å². The normalized spacial score (nSPS) is 10.6. The summed E-state index contributed by atoms with van der Waals surface area (Å²) >= 11 is 0. The van der Waals surface area contributed by atoms with Gasteiger partial charge in [-0.1, -0.05) is 0 Å². The number of benzene rings is 2. The minimum Gasteiger partial charge on any atom is -0.343 e. The highest BCUT2D eigenvalue weighted by atomic mass is 19.1. The standard InChI is InChI=1S/C16H12F2N4O2/c17-10-2-4-12(13(18)5-10)16(24)19-8-15(23)21-11-3-1-9-7-20-22-14(9)6-11/h1-7H,8H2,(H,19,24)(H,20,22)(H,21,23). The van der Waals surface area contributed by atoms with Gasteiger partial charge in [0.05, 0.1) is 23.8 Å². The van der Waals surface area contributed by atoms with Crippen molar-refractivity contribution in [2.24, 2.45) is 0 Å². The average Bonchev–Trinajstić information content (AvgIpc) is 3.00. The third-order valence-electron chi connectivity index (χ3n) is 3.31. The Balaban J connectivity index is 1.59. The molecule has 3 aromatic rings. The Morgan fingerprint density at radius 3 is 2.75 bits per heavy atom. The van der Waals surface area contributed by atoms with E-state index in [1.807, 2.05) is 0 Å². The summed E-state index contributed by atoms with van der Waals surface area (Å²) < 4.78 is 26.3. The molecule has 1 heterocycles. The van der Waals surface area contributed by atoms with Crippen molar-refractivity contribution >= 4 is 28.4 Å². The number of hydrogen-bond acceptors (Lipinski definition) is 3. The van der Waals surface area contributed by atoms with Crippen LogP contribution in [-0.2, 0) is 4.79 Å². The molecule has 24 heavy (non-hydrogen) atoms. The highest BCUT2D eigenvalue weighted by Crippen LogP contribution is 2.16. The van der Waals surface area contributed by atoms with Crippen LogP contribution in [-0.4, -0.2) is 28.6 Å². The molecule has 0 unspecified atom stereocenters. The van der Waals surface area contributed by atoms with Gasteiger partial charge in [0.25, 0.3) is 5.91 Å². The van der Waals surface area contributed by atoms with E-state index in [1.54, 1.807) is 24.4 Å². The second kappa shape index (κ2) is 6.45. The van der Waals surface area contributed by atoms with Crippen LogP contribution in [0.2, 0.25) is 0 Å². The third kappa shape index (κ3) is 3.37. The molecular weight excluding hydrogens is 318 g/mol. The summed E-state index contributed by atoms with van der Waals surface area (Å²) in [7, 11) is 0.